The van der Waals surface area contributed by atoms with Crippen molar-refractivity contribution in [2.75, 3.05) is 13.1 Å². The maximum Gasteiger partial charge on any atom is 0.418 e. The van der Waals surface area contributed by atoms with Crippen LogP contribution in [0, 0.1) is 0 Å². The number of hydroxylamine groups is 2. The van der Waals surface area contributed by atoms with Gasteiger partial charge < -0.3 is 4.90 Å². The number of nitrogens with zero attached hydrogens (tertiary/aromatic N) is 5. The number of hydrogen-bond donors (Lipinski definition) is 1. The van der Waals surface area contributed by atoms with Crippen LogP contribution in [-0.2, 0) is 21.1 Å². The Labute approximate surface area is 139 Å². The third kappa shape index (κ3) is 3.57. The van der Waals surface area contributed by atoms with Crippen LogP contribution < -0.4 is 0 Å². The number of hydrogen-bond acceptors (Lipinski definition) is 6. The van der Waals surface area contributed by atoms with Gasteiger partial charge in [0.15, 0.2) is 0 Å². The molecule has 2 aliphatic heterocycles. The van der Waals surface area contributed by atoms with Crippen molar-refractivity contribution in [3.63, 3.8) is 0 Å². The highest BCUT2D eigenvalue weighted by atomic mass is 32.3. The fourth-order valence-electron chi connectivity index (χ4n) is 2.83. The first kappa shape index (κ1) is 16.9. The van der Waals surface area contributed by atoms with Crippen molar-refractivity contribution in [1.82, 2.24) is 25.0 Å². The highest BCUT2D eigenvalue weighted by Gasteiger charge is 2.43. The molecule has 2 bridgehead atoms. The standard InChI is InChI=1S/C13H19N5O5S/c1-2-3-4-5-10-7-17(15-14-10)11-6-12-9-16(8-11)13(19)18(12)23-24(20,21)22/h6-7,12H,2-5,8-9H2,1H3,(H,20,21,22). The maximum absolute atomic E-state index is 12.1. The molecule has 0 spiro atoms. The Hall–Kier alpha value is -1.98. The first-order valence-corrected chi connectivity index (χ1v) is 9.11. The molecule has 1 unspecified atom stereocenters. The molecule has 1 saturated heterocycles. The summed E-state index contributed by atoms with van der Waals surface area (Å²) >= 11 is 0. The van der Waals surface area contributed by atoms with E-state index in [-0.39, 0.29) is 13.1 Å². The lowest BCUT2D eigenvalue weighted by molar-refractivity contribution is -0.0183. The van der Waals surface area contributed by atoms with E-state index < -0.39 is 22.5 Å². The summed E-state index contributed by atoms with van der Waals surface area (Å²) in [4.78, 5) is 13.5. The number of fused-ring (bicyclic) bond motifs is 2. The summed E-state index contributed by atoms with van der Waals surface area (Å²) in [5.41, 5.74) is 1.57. The molecule has 3 heterocycles. The molecule has 0 aromatic carbocycles. The van der Waals surface area contributed by atoms with Crippen molar-refractivity contribution in [3.8, 4) is 0 Å². The third-order valence-corrected chi connectivity index (χ3v) is 4.30. The van der Waals surface area contributed by atoms with Crippen LogP contribution >= 0.6 is 0 Å². The topological polar surface area (TPSA) is 118 Å². The van der Waals surface area contributed by atoms with Crippen LogP contribution in [0.4, 0.5) is 4.79 Å². The van der Waals surface area contributed by atoms with Crippen LogP contribution in [0.3, 0.4) is 0 Å². The Kier molecular flexibility index (Phi) is 4.56. The van der Waals surface area contributed by atoms with Gasteiger partial charge in [-0.15, -0.1) is 9.38 Å². The summed E-state index contributed by atoms with van der Waals surface area (Å²) in [6.45, 7) is 2.68. The molecule has 0 radical (unpaired) electrons. The molecule has 11 heteroatoms. The molecule has 2 aliphatic rings. The van der Waals surface area contributed by atoms with Gasteiger partial charge in [0.1, 0.15) is 6.04 Å². The Morgan fingerprint density at radius 2 is 2.21 bits per heavy atom. The monoisotopic (exact) mass is 357 g/mol. The summed E-state index contributed by atoms with van der Waals surface area (Å²) in [6, 6.07) is -1.23. The van der Waals surface area contributed by atoms with Crippen molar-refractivity contribution in [1.29, 1.82) is 0 Å². The molecular formula is C13H19N5O5S. The Balaban J connectivity index is 1.74. The van der Waals surface area contributed by atoms with Crippen molar-refractivity contribution in [3.05, 3.63) is 18.0 Å². The van der Waals surface area contributed by atoms with E-state index in [2.05, 4.69) is 21.5 Å². The van der Waals surface area contributed by atoms with Crippen LogP contribution in [0.25, 0.3) is 5.70 Å². The molecule has 1 N–H and O–H groups in total. The second kappa shape index (κ2) is 6.49. The number of carbonyl (C=O) groups excluding carboxylic acids is 1. The van der Waals surface area contributed by atoms with Gasteiger partial charge in [-0.2, -0.15) is 13.5 Å². The molecule has 2 amide bonds. The number of aromatic nitrogens is 3. The number of carbonyl (C=O) groups is 1. The van der Waals surface area contributed by atoms with E-state index in [9.17, 15) is 13.2 Å². The van der Waals surface area contributed by atoms with Gasteiger partial charge in [0, 0.05) is 6.54 Å². The van der Waals surface area contributed by atoms with Crippen LogP contribution in [0.5, 0.6) is 0 Å². The molecule has 1 aromatic heterocycles. The van der Waals surface area contributed by atoms with Gasteiger partial charge >= 0.3 is 16.4 Å². The van der Waals surface area contributed by atoms with E-state index in [0.29, 0.717) is 10.8 Å². The highest BCUT2D eigenvalue weighted by Crippen LogP contribution is 2.27. The summed E-state index contributed by atoms with van der Waals surface area (Å²) in [5.74, 6) is 0. The van der Waals surface area contributed by atoms with Gasteiger partial charge in [-0.1, -0.05) is 25.0 Å². The van der Waals surface area contributed by atoms with Gasteiger partial charge in [0.25, 0.3) is 0 Å². The van der Waals surface area contributed by atoms with E-state index >= 15 is 0 Å². The Bertz CT molecular complexity index is 759. The largest absolute Gasteiger partial charge is 0.418 e. The average molecular weight is 357 g/mol. The number of amides is 2. The third-order valence-electron chi connectivity index (χ3n) is 3.95. The van der Waals surface area contributed by atoms with Gasteiger partial charge in [0.2, 0.25) is 0 Å². The number of aryl methyl sites for hydroxylation is 1. The molecular weight excluding hydrogens is 338 g/mol. The lowest BCUT2D eigenvalue weighted by Gasteiger charge is -2.20. The van der Waals surface area contributed by atoms with Crippen LogP contribution in [0.2, 0.25) is 0 Å². The predicted molar refractivity (Wildman–Crippen MR) is 82.8 cm³/mol. The van der Waals surface area contributed by atoms with Gasteiger partial charge in [0.05, 0.1) is 24.1 Å². The molecule has 132 valence electrons. The molecule has 0 aliphatic carbocycles. The zero-order valence-corrected chi connectivity index (χ0v) is 14.0. The normalized spacial score (nSPS) is 20.7. The van der Waals surface area contributed by atoms with Gasteiger partial charge in [-0.25, -0.2) is 9.48 Å². The highest BCUT2D eigenvalue weighted by molar-refractivity contribution is 7.80. The number of unbranched alkanes of at least 4 members (excludes halogenated alkanes) is 2. The van der Waals surface area contributed by atoms with Crippen LogP contribution in [-0.4, -0.2) is 63.1 Å². The fraction of sp³-hybridized carbons (Fsp3) is 0.615. The molecule has 10 nitrogen and oxygen atoms in total. The molecule has 3 rings (SSSR count). The minimum absolute atomic E-state index is 0.262. The van der Waals surface area contributed by atoms with E-state index in [1.54, 1.807) is 10.8 Å². The quantitative estimate of drug-likeness (QED) is 0.564. The number of rotatable bonds is 7. The first-order valence-electron chi connectivity index (χ1n) is 7.75. The lowest BCUT2D eigenvalue weighted by Crippen LogP contribution is -2.35. The second-order valence-electron chi connectivity index (χ2n) is 5.83. The zero-order chi connectivity index (χ0) is 17.3. The van der Waals surface area contributed by atoms with Crippen molar-refractivity contribution in [2.45, 2.75) is 38.6 Å². The Morgan fingerprint density at radius 3 is 2.92 bits per heavy atom. The minimum atomic E-state index is -4.76. The first-order chi connectivity index (χ1) is 11.4. The summed E-state index contributed by atoms with van der Waals surface area (Å²) in [5, 5.41) is 8.85. The number of urea groups is 1. The van der Waals surface area contributed by atoms with Crippen molar-refractivity contribution in [2.24, 2.45) is 0 Å². The van der Waals surface area contributed by atoms with E-state index in [0.717, 1.165) is 31.4 Å². The van der Waals surface area contributed by atoms with Crippen molar-refractivity contribution < 1.29 is 22.0 Å². The summed E-state index contributed by atoms with van der Waals surface area (Å²) in [6.07, 6.45) is 7.63. The van der Waals surface area contributed by atoms with Gasteiger partial charge in [-0.05, 0) is 18.9 Å². The van der Waals surface area contributed by atoms with E-state index in [1.807, 2.05) is 6.20 Å². The molecule has 1 atom stereocenters. The summed E-state index contributed by atoms with van der Waals surface area (Å²) in [7, 11) is -4.76. The fourth-order valence-corrected chi connectivity index (χ4v) is 3.21. The predicted octanol–water partition coefficient (Wildman–Crippen LogP) is 0.706. The molecule has 1 fully saturated rings. The zero-order valence-electron chi connectivity index (χ0n) is 13.2. The molecule has 24 heavy (non-hydrogen) atoms. The average Bonchev–Trinajstić information content (AvgIpc) is 3.06. The molecule has 0 saturated carbocycles. The van der Waals surface area contributed by atoms with E-state index in [4.69, 9.17) is 4.55 Å². The van der Waals surface area contributed by atoms with Crippen molar-refractivity contribution >= 4 is 22.1 Å². The lowest BCUT2D eigenvalue weighted by atomic mass is 10.1. The van der Waals surface area contributed by atoms with Crippen LogP contribution in [0.1, 0.15) is 31.9 Å². The maximum atomic E-state index is 12.1. The Morgan fingerprint density at radius 1 is 1.42 bits per heavy atom. The SMILES string of the molecule is CCCCCc1cn(C2=CC3CN(C2)C(=O)N3OS(=O)(=O)O)nn1. The minimum Gasteiger partial charge on any atom is -0.314 e. The van der Waals surface area contributed by atoms with Crippen LogP contribution in [0.15, 0.2) is 12.3 Å². The van der Waals surface area contributed by atoms with Gasteiger partial charge in [-0.3, -0.25) is 4.55 Å². The second-order valence-corrected chi connectivity index (χ2v) is 6.83. The smallest absolute Gasteiger partial charge is 0.314 e. The summed E-state index contributed by atoms with van der Waals surface area (Å²) < 4.78 is 36.5. The van der Waals surface area contributed by atoms with E-state index in [1.165, 1.54) is 4.90 Å². The molecule has 1 aromatic rings.